The number of ether oxygens (including phenoxy) is 2. The van der Waals surface area contributed by atoms with Crippen LogP contribution in [0.25, 0.3) is 10.8 Å². The summed E-state index contributed by atoms with van der Waals surface area (Å²) in [6.07, 6.45) is 1.02. The Kier molecular flexibility index (Phi) is 3.00. The zero-order chi connectivity index (χ0) is 14.1. The Bertz CT molecular complexity index is 749. The topological polar surface area (TPSA) is 18.5 Å². The van der Waals surface area contributed by atoms with Gasteiger partial charge < -0.3 is 9.47 Å². The lowest BCUT2D eigenvalue weighted by atomic mass is 10.1. The molecule has 1 heterocycles. The summed E-state index contributed by atoms with van der Waals surface area (Å²) in [5.41, 5.74) is 1.27. The van der Waals surface area contributed by atoms with E-state index in [-0.39, 0.29) is 6.10 Å². The van der Waals surface area contributed by atoms with Crippen LogP contribution in [0.3, 0.4) is 0 Å². The number of hydrogen-bond donors (Lipinski definition) is 0. The average Bonchev–Trinajstić information content (AvgIpc) is 2.96. The molecule has 2 heteroatoms. The Morgan fingerprint density at radius 1 is 0.905 bits per heavy atom. The molecule has 1 aliphatic heterocycles. The van der Waals surface area contributed by atoms with Crippen LogP contribution in [0.15, 0.2) is 66.7 Å². The molecule has 0 bridgehead atoms. The second kappa shape index (κ2) is 5.13. The minimum atomic E-state index is 0.0985. The van der Waals surface area contributed by atoms with Crippen LogP contribution in [0.4, 0.5) is 0 Å². The van der Waals surface area contributed by atoms with Gasteiger partial charge in [-0.05, 0) is 23.1 Å². The van der Waals surface area contributed by atoms with Gasteiger partial charge in [-0.2, -0.15) is 0 Å². The molecule has 0 N–H and O–H groups in total. The molecule has 0 saturated heterocycles. The fourth-order valence-corrected chi connectivity index (χ4v) is 2.85. The van der Waals surface area contributed by atoms with E-state index >= 15 is 0 Å². The van der Waals surface area contributed by atoms with Gasteiger partial charge in [0.25, 0.3) is 0 Å². The third kappa shape index (κ3) is 2.33. The lowest BCUT2D eigenvalue weighted by Crippen LogP contribution is -2.22. The van der Waals surface area contributed by atoms with Gasteiger partial charge in [0.05, 0.1) is 0 Å². The van der Waals surface area contributed by atoms with Gasteiger partial charge in [-0.3, -0.25) is 0 Å². The summed E-state index contributed by atoms with van der Waals surface area (Å²) in [7, 11) is 0. The average molecular weight is 276 g/mol. The third-order valence-corrected chi connectivity index (χ3v) is 3.89. The molecule has 0 radical (unpaired) electrons. The van der Waals surface area contributed by atoms with Crippen molar-refractivity contribution in [3.8, 4) is 11.5 Å². The first-order chi connectivity index (χ1) is 10.4. The van der Waals surface area contributed by atoms with E-state index in [4.69, 9.17) is 9.47 Å². The van der Waals surface area contributed by atoms with Gasteiger partial charge in [-0.1, -0.05) is 54.6 Å². The highest BCUT2D eigenvalue weighted by Gasteiger charge is 2.22. The zero-order valence-electron chi connectivity index (χ0n) is 11.7. The summed E-state index contributed by atoms with van der Waals surface area (Å²) in [5, 5.41) is 2.35. The van der Waals surface area contributed by atoms with Crippen LogP contribution in [-0.4, -0.2) is 12.7 Å². The van der Waals surface area contributed by atoms with E-state index in [0.29, 0.717) is 6.61 Å². The maximum absolute atomic E-state index is 6.01. The first-order valence-electron chi connectivity index (χ1n) is 7.25. The number of fused-ring (bicyclic) bond motifs is 2. The van der Waals surface area contributed by atoms with Gasteiger partial charge in [-0.15, -0.1) is 0 Å². The monoisotopic (exact) mass is 276 g/mol. The molecular formula is C19H16O2. The molecule has 1 unspecified atom stereocenters. The number of benzene rings is 3. The third-order valence-electron chi connectivity index (χ3n) is 3.89. The molecule has 0 amide bonds. The first kappa shape index (κ1) is 12.3. The van der Waals surface area contributed by atoms with Crippen LogP contribution < -0.4 is 9.47 Å². The van der Waals surface area contributed by atoms with E-state index in [9.17, 15) is 0 Å². The summed E-state index contributed by atoms with van der Waals surface area (Å²) < 4.78 is 11.9. The van der Waals surface area contributed by atoms with Crippen LogP contribution in [0.5, 0.6) is 11.5 Å². The molecule has 0 spiro atoms. The van der Waals surface area contributed by atoms with Crippen molar-refractivity contribution in [3.05, 3.63) is 72.3 Å². The summed E-state index contributed by atoms with van der Waals surface area (Å²) in [6.45, 7) is 0.572. The fraction of sp³-hybridized carbons (Fsp3) is 0.158. The normalized spacial score (nSPS) is 16.5. The van der Waals surface area contributed by atoms with Gasteiger partial charge in [0.2, 0.25) is 0 Å². The minimum absolute atomic E-state index is 0.0985. The molecule has 0 aromatic heterocycles. The Morgan fingerprint density at radius 2 is 1.71 bits per heavy atom. The Hall–Kier alpha value is -2.48. The lowest BCUT2D eigenvalue weighted by molar-refractivity contribution is 0.149. The van der Waals surface area contributed by atoms with Gasteiger partial charge in [0.15, 0.2) is 0 Å². The number of para-hydroxylation sites is 1. The standard InChI is InChI=1S/C19H16O2/c1-3-9-17-14(6-1)8-5-11-19(17)20-13-16-12-15-7-2-4-10-18(15)21-16/h1-11,16H,12-13H2. The predicted molar refractivity (Wildman–Crippen MR) is 84.0 cm³/mol. The van der Waals surface area contributed by atoms with Gasteiger partial charge in [0, 0.05) is 11.8 Å². The molecule has 104 valence electrons. The van der Waals surface area contributed by atoms with E-state index in [1.54, 1.807) is 0 Å². The molecule has 21 heavy (non-hydrogen) atoms. The predicted octanol–water partition coefficient (Wildman–Crippen LogP) is 4.22. The van der Waals surface area contributed by atoms with E-state index in [1.807, 2.05) is 36.4 Å². The molecule has 0 aliphatic carbocycles. The molecular weight excluding hydrogens is 260 g/mol. The smallest absolute Gasteiger partial charge is 0.137 e. The van der Waals surface area contributed by atoms with E-state index in [1.165, 1.54) is 10.9 Å². The Morgan fingerprint density at radius 3 is 2.67 bits per heavy atom. The molecule has 1 aliphatic rings. The van der Waals surface area contributed by atoms with Crippen molar-refractivity contribution in [2.45, 2.75) is 12.5 Å². The van der Waals surface area contributed by atoms with E-state index < -0.39 is 0 Å². The molecule has 3 aromatic rings. The number of hydrogen-bond acceptors (Lipinski definition) is 2. The lowest BCUT2D eigenvalue weighted by Gasteiger charge is -2.14. The second-order valence-electron chi connectivity index (χ2n) is 5.34. The van der Waals surface area contributed by atoms with E-state index in [2.05, 4.69) is 30.3 Å². The van der Waals surface area contributed by atoms with Crippen molar-refractivity contribution in [2.75, 3.05) is 6.61 Å². The zero-order valence-corrected chi connectivity index (χ0v) is 11.7. The van der Waals surface area contributed by atoms with E-state index in [0.717, 1.165) is 23.3 Å². The molecule has 4 rings (SSSR count). The maximum atomic E-state index is 6.01. The van der Waals surface area contributed by atoms with Gasteiger partial charge >= 0.3 is 0 Å². The Balaban J connectivity index is 1.50. The largest absolute Gasteiger partial charge is 0.489 e. The van der Waals surface area contributed by atoms with Crippen LogP contribution in [0.2, 0.25) is 0 Å². The molecule has 0 saturated carbocycles. The SMILES string of the molecule is c1ccc2c(c1)CC(COc1cccc3ccccc13)O2. The van der Waals surface area contributed by atoms with Crippen LogP contribution >= 0.6 is 0 Å². The first-order valence-corrected chi connectivity index (χ1v) is 7.25. The van der Waals surface area contributed by atoms with Crippen molar-refractivity contribution in [3.63, 3.8) is 0 Å². The molecule has 0 fully saturated rings. The molecule has 1 atom stereocenters. The van der Waals surface area contributed by atoms with Crippen LogP contribution in [0, 0.1) is 0 Å². The highest BCUT2D eigenvalue weighted by molar-refractivity contribution is 5.88. The van der Waals surface area contributed by atoms with Crippen molar-refractivity contribution in [1.82, 2.24) is 0 Å². The highest BCUT2D eigenvalue weighted by Crippen LogP contribution is 2.30. The maximum Gasteiger partial charge on any atom is 0.137 e. The summed E-state index contributed by atoms with van der Waals surface area (Å²) in [6, 6.07) is 22.6. The highest BCUT2D eigenvalue weighted by atomic mass is 16.5. The summed E-state index contributed by atoms with van der Waals surface area (Å²) in [5.74, 6) is 1.91. The minimum Gasteiger partial charge on any atom is -0.489 e. The summed E-state index contributed by atoms with van der Waals surface area (Å²) >= 11 is 0. The van der Waals surface area contributed by atoms with Crippen LogP contribution in [0.1, 0.15) is 5.56 Å². The Labute approximate surface area is 123 Å². The van der Waals surface area contributed by atoms with Crippen molar-refractivity contribution >= 4 is 10.8 Å². The number of rotatable bonds is 3. The second-order valence-corrected chi connectivity index (χ2v) is 5.34. The molecule has 3 aromatic carbocycles. The van der Waals surface area contributed by atoms with Crippen LogP contribution in [-0.2, 0) is 6.42 Å². The van der Waals surface area contributed by atoms with Crippen molar-refractivity contribution in [1.29, 1.82) is 0 Å². The molecule has 2 nitrogen and oxygen atoms in total. The fourth-order valence-electron chi connectivity index (χ4n) is 2.85. The quantitative estimate of drug-likeness (QED) is 0.713. The van der Waals surface area contributed by atoms with Crippen molar-refractivity contribution < 1.29 is 9.47 Å². The van der Waals surface area contributed by atoms with Gasteiger partial charge in [-0.25, -0.2) is 0 Å². The van der Waals surface area contributed by atoms with Crippen molar-refractivity contribution in [2.24, 2.45) is 0 Å². The summed E-state index contributed by atoms with van der Waals surface area (Å²) in [4.78, 5) is 0. The van der Waals surface area contributed by atoms with Gasteiger partial charge in [0.1, 0.15) is 24.2 Å².